The number of nitrogens with zero attached hydrogens (tertiary/aromatic N) is 4. The number of ether oxygens (including phenoxy) is 1. The number of aryl methyl sites for hydroxylation is 1. The zero-order valence-electron chi connectivity index (χ0n) is 16.7. The van der Waals surface area contributed by atoms with Crippen LogP contribution in [-0.2, 0) is 4.79 Å². The van der Waals surface area contributed by atoms with Gasteiger partial charge in [-0.1, -0.05) is 35.5 Å². The van der Waals surface area contributed by atoms with E-state index in [1.54, 1.807) is 41.0 Å². The maximum absolute atomic E-state index is 12.8. The van der Waals surface area contributed by atoms with Crippen LogP contribution in [-0.4, -0.2) is 64.5 Å². The number of amides is 2. The van der Waals surface area contributed by atoms with E-state index < -0.39 is 0 Å². The van der Waals surface area contributed by atoms with E-state index in [2.05, 4.69) is 10.1 Å². The molecule has 2 aromatic carbocycles. The molecule has 8 heteroatoms. The normalized spacial score (nSPS) is 13.9. The first-order chi connectivity index (χ1) is 14.6. The third kappa shape index (κ3) is 4.48. The van der Waals surface area contributed by atoms with Crippen LogP contribution >= 0.6 is 0 Å². The average molecular weight is 406 g/mol. The Morgan fingerprint density at radius 1 is 0.967 bits per heavy atom. The molecule has 1 aliphatic heterocycles. The molecule has 8 nitrogen and oxygen atoms in total. The topological polar surface area (TPSA) is 88.8 Å². The summed E-state index contributed by atoms with van der Waals surface area (Å²) >= 11 is 0. The second-order valence-electron chi connectivity index (χ2n) is 6.99. The van der Waals surface area contributed by atoms with Crippen molar-refractivity contribution >= 4 is 11.8 Å². The minimum Gasteiger partial charge on any atom is -0.484 e. The fourth-order valence-electron chi connectivity index (χ4n) is 3.27. The van der Waals surface area contributed by atoms with Crippen molar-refractivity contribution in [1.29, 1.82) is 0 Å². The minimum atomic E-state index is -0.0780. The van der Waals surface area contributed by atoms with Gasteiger partial charge in [-0.25, -0.2) is 0 Å². The van der Waals surface area contributed by atoms with Crippen molar-refractivity contribution in [2.24, 2.45) is 0 Å². The Hall–Kier alpha value is -3.68. The van der Waals surface area contributed by atoms with Crippen LogP contribution in [0.5, 0.6) is 5.75 Å². The van der Waals surface area contributed by atoms with Gasteiger partial charge in [0.1, 0.15) is 5.75 Å². The first-order valence-corrected chi connectivity index (χ1v) is 9.76. The second kappa shape index (κ2) is 8.77. The standard InChI is InChI=1S/C22H22N4O4/c1-16-23-21(24-30-16)17-7-9-18(10-8-17)22(28)26-13-11-25(12-14-26)20(27)15-29-19-5-3-2-4-6-19/h2-10H,11-15H2,1H3. The predicted molar refractivity (Wildman–Crippen MR) is 109 cm³/mol. The number of rotatable bonds is 5. The van der Waals surface area contributed by atoms with Crippen molar-refractivity contribution in [1.82, 2.24) is 19.9 Å². The van der Waals surface area contributed by atoms with Gasteiger partial charge in [-0.3, -0.25) is 9.59 Å². The summed E-state index contributed by atoms with van der Waals surface area (Å²) < 4.78 is 10.5. The smallest absolute Gasteiger partial charge is 0.260 e. The van der Waals surface area contributed by atoms with Crippen molar-refractivity contribution in [3.8, 4) is 17.1 Å². The molecule has 1 saturated heterocycles. The fraction of sp³-hybridized carbons (Fsp3) is 0.273. The Bertz CT molecular complexity index is 1010. The first-order valence-electron chi connectivity index (χ1n) is 9.76. The lowest BCUT2D eigenvalue weighted by Gasteiger charge is -2.34. The maximum Gasteiger partial charge on any atom is 0.260 e. The van der Waals surface area contributed by atoms with E-state index in [1.807, 2.05) is 30.3 Å². The highest BCUT2D eigenvalue weighted by Gasteiger charge is 2.25. The molecule has 1 aliphatic rings. The van der Waals surface area contributed by atoms with Gasteiger partial charge in [-0.05, 0) is 24.3 Å². The molecule has 0 N–H and O–H groups in total. The molecular formula is C22H22N4O4. The quantitative estimate of drug-likeness (QED) is 0.647. The molecule has 4 rings (SSSR count). The van der Waals surface area contributed by atoms with Crippen molar-refractivity contribution in [2.75, 3.05) is 32.8 Å². The summed E-state index contributed by atoms with van der Waals surface area (Å²) in [6.07, 6.45) is 0. The van der Waals surface area contributed by atoms with E-state index in [-0.39, 0.29) is 18.4 Å². The van der Waals surface area contributed by atoms with Crippen LogP contribution in [0.15, 0.2) is 59.1 Å². The van der Waals surface area contributed by atoms with Gasteiger partial charge in [-0.15, -0.1) is 0 Å². The van der Waals surface area contributed by atoms with E-state index in [4.69, 9.17) is 9.26 Å². The van der Waals surface area contributed by atoms with E-state index in [9.17, 15) is 9.59 Å². The summed E-state index contributed by atoms with van der Waals surface area (Å²) in [7, 11) is 0. The Balaban J connectivity index is 1.29. The molecule has 2 heterocycles. The van der Waals surface area contributed by atoms with Crippen LogP contribution in [0, 0.1) is 6.92 Å². The third-order valence-electron chi connectivity index (χ3n) is 4.94. The molecule has 2 amide bonds. The molecule has 154 valence electrons. The van der Waals surface area contributed by atoms with Gasteiger partial charge >= 0.3 is 0 Å². The molecule has 3 aromatic rings. The number of aromatic nitrogens is 2. The van der Waals surface area contributed by atoms with E-state index >= 15 is 0 Å². The van der Waals surface area contributed by atoms with E-state index in [0.717, 1.165) is 5.56 Å². The predicted octanol–water partition coefficient (Wildman–Crippen LogP) is 2.41. The highest BCUT2D eigenvalue weighted by Crippen LogP contribution is 2.18. The number of hydrogen-bond acceptors (Lipinski definition) is 6. The Morgan fingerprint density at radius 2 is 1.63 bits per heavy atom. The van der Waals surface area contributed by atoms with Crippen molar-refractivity contribution in [3.63, 3.8) is 0 Å². The van der Waals surface area contributed by atoms with Gasteiger partial charge in [0.15, 0.2) is 6.61 Å². The van der Waals surface area contributed by atoms with Gasteiger partial charge in [0.05, 0.1) is 0 Å². The minimum absolute atomic E-state index is 0.00498. The van der Waals surface area contributed by atoms with Crippen molar-refractivity contribution in [3.05, 3.63) is 66.1 Å². The summed E-state index contributed by atoms with van der Waals surface area (Å²) in [6, 6.07) is 16.4. The molecule has 0 aliphatic carbocycles. The number of piperazine rings is 1. The lowest BCUT2D eigenvalue weighted by Crippen LogP contribution is -2.51. The highest BCUT2D eigenvalue weighted by molar-refractivity contribution is 5.94. The van der Waals surface area contributed by atoms with Crippen molar-refractivity contribution in [2.45, 2.75) is 6.92 Å². The van der Waals surface area contributed by atoms with Crippen LogP contribution in [0.3, 0.4) is 0 Å². The van der Waals surface area contributed by atoms with Gasteiger partial charge < -0.3 is 19.1 Å². The second-order valence-corrected chi connectivity index (χ2v) is 6.99. The Morgan fingerprint density at radius 3 is 2.27 bits per heavy atom. The molecule has 0 bridgehead atoms. The van der Waals surface area contributed by atoms with Crippen LogP contribution < -0.4 is 4.74 Å². The zero-order valence-corrected chi connectivity index (χ0v) is 16.7. The molecule has 0 spiro atoms. The Kier molecular flexibility index (Phi) is 5.74. The molecular weight excluding hydrogens is 384 g/mol. The zero-order chi connectivity index (χ0) is 20.9. The van der Waals surface area contributed by atoms with Crippen molar-refractivity contribution < 1.29 is 18.8 Å². The number of para-hydroxylation sites is 1. The molecule has 0 unspecified atom stereocenters. The number of hydrogen-bond donors (Lipinski definition) is 0. The average Bonchev–Trinajstić information content (AvgIpc) is 3.24. The Labute approximate surface area is 174 Å². The van der Waals surface area contributed by atoms with Gasteiger partial charge in [0.2, 0.25) is 11.7 Å². The van der Waals surface area contributed by atoms with Gasteiger partial charge in [0.25, 0.3) is 11.8 Å². The monoisotopic (exact) mass is 406 g/mol. The molecule has 1 aromatic heterocycles. The largest absolute Gasteiger partial charge is 0.484 e. The van der Waals surface area contributed by atoms with E-state index in [0.29, 0.717) is 49.2 Å². The fourth-order valence-corrected chi connectivity index (χ4v) is 3.27. The van der Waals surface area contributed by atoms with Crippen LogP contribution in [0.4, 0.5) is 0 Å². The highest BCUT2D eigenvalue weighted by atomic mass is 16.5. The molecule has 0 radical (unpaired) electrons. The van der Waals surface area contributed by atoms with Crippen LogP contribution in [0.1, 0.15) is 16.2 Å². The van der Waals surface area contributed by atoms with Crippen LogP contribution in [0.2, 0.25) is 0 Å². The summed E-state index contributed by atoms with van der Waals surface area (Å²) in [5, 5.41) is 3.88. The van der Waals surface area contributed by atoms with Gasteiger partial charge in [0, 0.05) is 44.2 Å². The number of benzene rings is 2. The molecule has 0 atom stereocenters. The molecule has 30 heavy (non-hydrogen) atoms. The lowest BCUT2D eigenvalue weighted by molar-refractivity contribution is -0.134. The SMILES string of the molecule is Cc1nc(-c2ccc(C(=O)N3CCN(C(=O)COc4ccccc4)CC3)cc2)no1. The first kappa shape index (κ1) is 19.6. The van der Waals surface area contributed by atoms with E-state index in [1.165, 1.54) is 0 Å². The maximum atomic E-state index is 12.8. The lowest BCUT2D eigenvalue weighted by atomic mass is 10.1. The summed E-state index contributed by atoms with van der Waals surface area (Å²) in [5.41, 5.74) is 1.38. The summed E-state index contributed by atoms with van der Waals surface area (Å²) in [5.74, 6) is 1.52. The number of carbonyl (C=O) groups excluding carboxylic acids is 2. The summed E-state index contributed by atoms with van der Waals surface area (Å²) in [6.45, 7) is 3.68. The molecule has 1 fully saturated rings. The number of carbonyl (C=O) groups is 2. The van der Waals surface area contributed by atoms with Gasteiger partial charge in [-0.2, -0.15) is 4.98 Å². The molecule has 0 saturated carbocycles. The third-order valence-corrected chi connectivity index (χ3v) is 4.94. The van der Waals surface area contributed by atoms with Crippen LogP contribution in [0.25, 0.3) is 11.4 Å². The summed E-state index contributed by atoms with van der Waals surface area (Å²) in [4.78, 5) is 32.8.